The van der Waals surface area contributed by atoms with Gasteiger partial charge >= 0.3 is 6.18 Å². The van der Waals surface area contributed by atoms with Gasteiger partial charge in [-0.1, -0.05) is 17.3 Å². The molecule has 0 bridgehead atoms. The Morgan fingerprint density at radius 1 is 1.12 bits per heavy atom. The number of amides is 2. The van der Waals surface area contributed by atoms with E-state index < -0.39 is 23.8 Å². The molecule has 1 N–H and O–H groups in total. The lowest BCUT2D eigenvalue weighted by atomic mass is 10.1. The predicted octanol–water partition coefficient (Wildman–Crippen LogP) is 2.48. The molecule has 1 saturated heterocycles. The second kappa shape index (κ2) is 9.89. The van der Waals surface area contributed by atoms with E-state index in [1.54, 1.807) is 29.4 Å². The molecule has 178 valence electrons. The fraction of sp³-hybridized carbons (Fsp3) is 0.318. The Morgan fingerprint density at radius 3 is 2.59 bits per heavy atom. The maximum absolute atomic E-state index is 13.2. The van der Waals surface area contributed by atoms with Crippen molar-refractivity contribution < 1.29 is 27.5 Å². The lowest BCUT2D eigenvalue weighted by Crippen LogP contribution is -2.46. The minimum atomic E-state index is -4.51. The number of ether oxygens (including phenoxy) is 1. The van der Waals surface area contributed by atoms with Gasteiger partial charge in [-0.05, 0) is 24.3 Å². The Morgan fingerprint density at radius 2 is 1.88 bits per heavy atom. The summed E-state index contributed by atoms with van der Waals surface area (Å²) in [7, 11) is 0. The third-order valence-corrected chi connectivity index (χ3v) is 5.32. The maximum atomic E-state index is 13.2. The molecular weight excluding hydrogens is 453 g/mol. The number of halogens is 3. The Hall–Kier alpha value is -3.96. The number of hydrogen-bond acceptors (Lipinski definition) is 6. The smallest absolute Gasteiger partial charge is 0.419 e. The molecule has 2 aromatic heterocycles. The number of para-hydroxylation sites is 1. The Balaban J connectivity index is 1.25. The standard InChI is InChI=1S/C22H21F3N6O3/c23-22(24,25)17-5-1-2-6-19(17)34-16-7-10-30(11-8-16)20(32)13-27-21(33)18-14-31(29-28-18)15-4-3-9-26-12-15/h1-6,9,12,14,16H,7-8,10-11,13H2,(H,27,33). The summed E-state index contributed by atoms with van der Waals surface area (Å²) in [5.41, 5.74) is -0.142. The first-order valence-electron chi connectivity index (χ1n) is 10.5. The second-order valence-electron chi connectivity index (χ2n) is 7.63. The van der Waals surface area contributed by atoms with Crippen molar-refractivity contribution in [1.82, 2.24) is 30.2 Å². The van der Waals surface area contributed by atoms with Crippen LogP contribution in [-0.4, -0.2) is 62.4 Å². The van der Waals surface area contributed by atoms with Crippen LogP contribution in [0.25, 0.3) is 5.69 Å². The van der Waals surface area contributed by atoms with Crippen LogP contribution in [0.5, 0.6) is 5.75 Å². The molecule has 9 nitrogen and oxygen atoms in total. The molecule has 12 heteroatoms. The first kappa shape index (κ1) is 23.2. The van der Waals surface area contributed by atoms with Gasteiger partial charge in [-0.3, -0.25) is 14.6 Å². The third kappa shape index (κ3) is 5.50. The number of likely N-dealkylation sites (tertiary alicyclic amines) is 1. The van der Waals surface area contributed by atoms with Crippen molar-refractivity contribution in [3.8, 4) is 11.4 Å². The van der Waals surface area contributed by atoms with Crippen molar-refractivity contribution >= 4 is 11.8 Å². The molecule has 3 heterocycles. The molecule has 0 atom stereocenters. The van der Waals surface area contributed by atoms with Crippen molar-refractivity contribution in [3.05, 3.63) is 66.2 Å². The number of carbonyl (C=O) groups excluding carboxylic acids is 2. The normalized spacial score (nSPS) is 14.6. The summed E-state index contributed by atoms with van der Waals surface area (Å²) in [5, 5.41) is 10.2. The van der Waals surface area contributed by atoms with Crippen LogP contribution >= 0.6 is 0 Å². The van der Waals surface area contributed by atoms with Gasteiger partial charge in [0.1, 0.15) is 11.9 Å². The molecule has 0 radical (unpaired) electrons. The van der Waals surface area contributed by atoms with Gasteiger partial charge in [0, 0.05) is 32.1 Å². The number of hydrogen-bond donors (Lipinski definition) is 1. The van der Waals surface area contributed by atoms with E-state index in [1.165, 1.54) is 29.1 Å². The van der Waals surface area contributed by atoms with Gasteiger partial charge in [0.15, 0.2) is 5.69 Å². The highest BCUT2D eigenvalue weighted by Crippen LogP contribution is 2.36. The van der Waals surface area contributed by atoms with Gasteiger partial charge in [-0.15, -0.1) is 5.10 Å². The fourth-order valence-electron chi connectivity index (χ4n) is 3.55. The van der Waals surface area contributed by atoms with Crippen LogP contribution in [0, 0.1) is 0 Å². The zero-order valence-electron chi connectivity index (χ0n) is 17.9. The lowest BCUT2D eigenvalue weighted by Gasteiger charge is -2.32. The largest absolute Gasteiger partial charge is 0.490 e. The van der Waals surface area contributed by atoms with E-state index in [4.69, 9.17) is 4.74 Å². The summed E-state index contributed by atoms with van der Waals surface area (Å²) in [5.74, 6) is -1.07. The van der Waals surface area contributed by atoms with Crippen LogP contribution in [0.3, 0.4) is 0 Å². The molecular formula is C22H21F3N6O3. The molecule has 1 aromatic carbocycles. The predicted molar refractivity (Wildman–Crippen MR) is 113 cm³/mol. The van der Waals surface area contributed by atoms with Crippen LogP contribution in [0.1, 0.15) is 28.9 Å². The van der Waals surface area contributed by atoms with Crippen LogP contribution in [-0.2, 0) is 11.0 Å². The molecule has 4 rings (SSSR count). The van der Waals surface area contributed by atoms with Crippen molar-refractivity contribution in [2.75, 3.05) is 19.6 Å². The first-order chi connectivity index (χ1) is 16.3. The zero-order chi connectivity index (χ0) is 24.1. The van der Waals surface area contributed by atoms with E-state index in [0.29, 0.717) is 31.6 Å². The van der Waals surface area contributed by atoms with E-state index in [9.17, 15) is 22.8 Å². The van der Waals surface area contributed by atoms with Crippen molar-refractivity contribution in [2.24, 2.45) is 0 Å². The van der Waals surface area contributed by atoms with Gasteiger partial charge in [0.2, 0.25) is 5.91 Å². The summed E-state index contributed by atoms with van der Waals surface area (Å²) in [6.45, 7) is 0.385. The zero-order valence-corrected chi connectivity index (χ0v) is 17.9. The molecule has 0 aliphatic carbocycles. The maximum Gasteiger partial charge on any atom is 0.419 e. The minimum absolute atomic E-state index is 0.0482. The number of benzene rings is 1. The van der Waals surface area contributed by atoms with E-state index in [-0.39, 0.29) is 23.9 Å². The molecule has 0 saturated carbocycles. The van der Waals surface area contributed by atoms with E-state index in [2.05, 4.69) is 20.6 Å². The molecule has 34 heavy (non-hydrogen) atoms. The summed E-state index contributed by atoms with van der Waals surface area (Å²) < 4.78 is 46.4. The van der Waals surface area contributed by atoms with Gasteiger partial charge in [0.25, 0.3) is 5.91 Å². The number of nitrogens with one attached hydrogen (secondary N) is 1. The first-order valence-corrected chi connectivity index (χ1v) is 10.5. The quantitative estimate of drug-likeness (QED) is 0.589. The fourth-order valence-corrected chi connectivity index (χ4v) is 3.55. The summed E-state index contributed by atoms with van der Waals surface area (Å²) in [6.07, 6.45) is 0.416. The second-order valence-corrected chi connectivity index (χ2v) is 7.63. The molecule has 3 aromatic rings. The van der Waals surface area contributed by atoms with Crippen LogP contribution in [0.15, 0.2) is 55.0 Å². The summed E-state index contributed by atoms with van der Waals surface area (Å²) in [6, 6.07) is 8.54. The number of alkyl halides is 3. The number of carbonyl (C=O) groups is 2. The highest BCUT2D eigenvalue weighted by molar-refractivity contribution is 5.94. The Kier molecular flexibility index (Phi) is 6.75. The minimum Gasteiger partial charge on any atom is -0.490 e. The molecule has 1 aliphatic rings. The Labute approximate surface area is 192 Å². The average Bonchev–Trinajstić information content (AvgIpc) is 3.34. The van der Waals surface area contributed by atoms with E-state index >= 15 is 0 Å². The van der Waals surface area contributed by atoms with Crippen molar-refractivity contribution in [1.29, 1.82) is 0 Å². The van der Waals surface area contributed by atoms with E-state index in [1.807, 2.05) is 0 Å². The van der Waals surface area contributed by atoms with Crippen molar-refractivity contribution in [2.45, 2.75) is 25.1 Å². The van der Waals surface area contributed by atoms with Gasteiger partial charge in [-0.25, -0.2) is 4.68 Å². The van der Waals surface area contributed by atoms with Crippen LogP contribution < -0.4 is 10.1 Å². The van der Waals surface area contributed by atoms with Gasteiger partial charge < -0.3 is 15.0 Å². The monoisotopic (exact) mass is 474 g/mol. The number of pyridine rings is 1. The van der Waals surface area contributed by atoms with Crippen molar-refractivity contribution in [3.63, 3.8) is 0 Å². The number of aromatic nitrogens is 4. The SMILES string of the molecule is O=C(NCC(=O)N1CCC(Oc2ccccc2C(F)(F)F)CC1)c1cn(-c2cccnc2)nn1. The van der Waals surface area contributed by atoms with Gasteiger partial charge in [0.05, 0.1) is 30.2 Å². The topological polar surface area (TPSA) is 102 Å². The van der Waals surface area contributed by atoms with E-state index in [0.717, 1.165) is 6.07 Å². The van der Waals surface area contributed by atoms with Crippen LogP contribution in [0.2, 0.25) is 0 Å². The van der Waals surface area contributed by atoms with Gasteiger partial charge in [-0.2, -0.15) is 13.2 Å². The summed E-state index contributed by atoms with van der Waals surface area (Å²) in [4.78, 5) is 30.3. The molecule has 2 amide bonds. The highest BCUT2D eigenvalue weighted by Gasteiger charge is 2.35. The van der Waals surface area contributed by atoms with Crippen LogP contribution in [0.4, 0.5) is 13.2 Å². The molecule has 0 spiro atoms. The average molecular weight is 474 g/mol. The number of piperidine rings is 1. The highest BCUT2D eigenvalue weighted by atomic mass is 19.4. The Bertz CT molecular complexity index is 1140. The lowest BCUT2D eigenvalue weighted by molar-refractivity contribution is -0.139. The molecule has 1 fully saturated rings. The number of nitrogens with zero attached hydrogens (tertiary/aromatic N) is 5. The molecule has 0 unspecified atom stereocenters. The summed E-state index contributed by atoms with van der Waals surface area (Å²) >= 11 is 0. The number of rotatable bonds is 6. The molecule has 1 aliphatic heterocycles. The third-order valence-electron chi connectivity index (χ3n) is 5.32.